The van der Waals surface area contributed by atoms with Gasteiger partial charge in [0.15, 0.2) is 0 Å². The molecular weight excluding hydrogens is 396 g/mol. The minimum absolute atomic E-state index is 0.0276. The summed E-state index contributed by atoms with van der Waals surface area (Å²) < 4.78 is 1.65. The van der Waals surface area contributed by atoms with Gasteiger partial charge >= 0.3 is 0 Å². The zero-order valence-corrected chi connectivity index (χ0v) is 18.7. The van der Waals surface area contributed by atoms with E-state index in [0.29, 0.717) is 6.67 Å². The lowest BCUT2D eigenvalue weighted by molar-refractivity contribution is 0.192. The van der Waals surface area contributed by atoms with Crippen molar-refractivity contribution >= 4 is 16.5 Å². The number of hydrogen-bond acceptors (Lipinski definition) is 4. The molecule has 5 nitrogen and oxygen atoms in total. The fourth-order valence-electron chi connectivity index (χ4n) is 4.50. The number of para-hydroxylation sites is 1. The van der Waals surface area contributed by atoms with Crippen molar-refractivity contribution in [3.63, 3.8) is 0 Å². The second-order valence-corrected chi connectivity index (χ2v) is 8.60. The molecule has 1 aliphatic heterocycles. The summed E-state index contributed by atoms with van der Waals surface area (Å²) >= 11 is 0. The molecule has 0 unspecified atom stereocenters. The van der Waals surface area contributed by atoms with Gasteiger partial charge in [-0.1, -0.05) is 54.1 Å². The number of hydrogen-bond donors (Lipinski definition) is 0. The van der Waals surface area contributed by atoms with Crippen molar-refractivity contribution in [1.82, 2.24) is 14.7 Å². The second kappa shape index (κ2) is 8.60. The number of piperazine rings is 1. The first-order chi connectivity index (χ1) is 15.6. The molecule has 1 aromatic heterocycles. The van der Waals surface area contributed by atoms with Gasteiger partial charge in [-0.05, 0) is 43.7 Å². The van der Waals surface area contributed by atoms with Crippen LogP contribution in [0.25, 0.3) is 22.0 Å². The summed E-state index contributed by atoms with van der Waals surface area (Å²) in [7, 11) is 0. The Kier molecular flexibility index (Phi) is 5.50. The minimum Gasteiger partial charge on any atom is -0.369 e. The molecule has 2 heterocycles. The average Bonchev–Trinajstić information content (AvgIpc) is 2.84. The monoisotopic (exact) mass is 424 g/mol. The molecule has 0 atom stereocenters. The molecule has 0 spiro atoms. The quantitative estimate of drug-likeness (QED) is 0.485. The number of aromatic nitrogens is 2. The van der Waals surface area contributed by atoms with Gasteiger partial charge in [0.2, 0.25) is 0 Å². The van der Waals surface area contributed by atoms with Crippen molar-refractivity contribution in [2.75, 3.05) is 31.1 Å². The molecule has 32 heavy (non-hydrogen) atoms. The van der Waals surface area contributed by atoms with Crippen LogP contribution in [0.1, 0.15) is 11.1 Å². The fourth-order valence-corrected chi connectivity index (χ4v) is 4.50. The Hall–Kier alpha value is -3.44. The first-order valence-electron chi connectivity index (χ1n) is 11.2. The molecule has 0 radical (unpaired) electrons. The first-order valence-corrected chi connectivity index (χ1v) is 11.2. The van der Waals surface area contributed by atoms with Crippen LogP contribution in [0.15, 0.2) is 77.6 Å². The molecule has 5 heteroatoms. The van der Waals surface area contributed by atoms with Crippen LogP contribution < -0.4 is 10.5 Å². The van der Waals surface area contributed by atoms with E-state index in [2.05, 4.69) is 66.1 Å². The molecule has 1 aliphatic rings. The highest BCUT2D eigenvalue weighted by molar-refractivity contribution is 5.94. The SMILES string of the molecule is Cc1ccc(C)c(-c2nn(CN3CCN(c4ccccc4)CC3)c(=O)c3ccccc23)c1. The lowest BCUT2D eigenvalue weighted by atomic mass is 9.99. The number of benzene rings is 3. The number of anilines is 1. The summed E-state index contributed by atoms with van der Waals surface area (Å²) in [5.74, 6) is 0. The Morgan fingerprint density at radius 3 is 2.25 bits per heavy atom. The van der Waals surface area contributed by atoms with Crippen molar-refractivity contribution in [2.45, 2.75) is 20.5 Å². The molecular formula is C27H28N4O. The largest absolute Gasteiger partial charge is 0.369 e. The van der Waals surface area contributed by atoms with Crippen LogP contribution in [-0.2, 0) is 6.67 Å². The summed E-state index contributed by atoms with van der Waals surface area (Å²) in [5.41, 5.74) is 5.54. The van der Waals surface area contributed by atoms with Gasteiger partial charge in [0.05, 0.1) is 17.7 Å². The third kappa shape index (κ3) is 3.92. The molecule has 0 bridgehead atoms. The number of fused-ring (bicyclic) bond motifs is 1. The van der Waals surface area contributed by atoms with Crippen LogP contribution in [0.2, 0.25) is 0 Å². The Bertz CT molecular complexity index is 1300. The zero-order chi connectivity index (χ0) is 22.1. The molecule has 0 aliphatic carbocycles. The summed E-state index contributed by atoms with van der Waals surface area (Å²) in [6, 6.07) is 24.7. The van der Waals surface area contributed by atoms with Crippen LogP contribution in [0.5, 0.6) is 0 Å². The third-order valence-corrected chi connectivity index (χ3v) is 6.34. The predicted octanol–water partition coefficient (Wildman–Crippen LogP) is 4.46. The highest BCUT2D eigenvalue weighted by atomic mass is 16.1. The van der Waals surface area contributed by atoms with Crippen molar-refractivity contribution < 1.29 is 0 Å². The van der Waals surface area contributed by atoms with Gasteiger partial charge < -0.3 is 4.90 Å². The Balaban J connectivity index is 1.47. The van der Waals surface area contributed by atoms with Crippen molar-refractivity contribution in [1.29, 1.82) is 0 Å². The predicted molar refractivity (Wildman–Crippen MR) is 131 cm³/mol. The van der Waals surface area contributed by atoms with E-state index in [1.165, 1.54) is 11.3 Å². The molecule has 0 N–H and O–H groups in total. The van der Waals surface area contributed by atoms with Crippen LogP contribution >= 0.6 is 0 Å². The van der Waals surface area contributed by atoms with E-state index < -0.39 is 0 Å². The zero-order valence-electron chi connectivity index (χ0n) is 18.7. The normalized spacial score (nSPS) is 14.8. The standard InChI is InChI=1S/C27H28N4O/c1-20-12-13-21(2)25(18-20)26-23-10-6-7-11-24(23)27(32)31(28-26)19-29-14-16-30(17-15-29)22-8-4-3-5-9-22/h3-13,18H,14-17,19H2,1-2H3. The van der Waals surface area contributed by atoms with E-state index in [9.17, 15) is 4.79 Å². The number of aryl methyl sites for hydroxylation is 2. The minimum atomic E-state index is -0.0276. The maximum Gasteiger partial charge on any atom is 0.275 e. The van der Waals surface area contributed by atoms with Crippen LogP contribution in [0.4, 0.5) is 5.69 Å². The third-order valence-electron chi connectivity index (χ3n) is 6.34. The Morgan fingerprint density at radius 2 is 1.50 bits per heavy atom. The van der Waals surface area contributed by atoms with E-state index in [0.717, 1.165) is 53.8 Å². The molecule has 0 amide bonds. The van der Waals surface area contributed by atoms with Gasteiger partial charge in [0.25, 0.3) is 5.56 Å². The van der Waals surface area contributed by atoms with E-state index in [1.54, 1.807) is 4.68 Å². The van der Waals surface area contributed by atoms with Gasteiger partial charge in [-0.15, -0.1) is 0 Å². The van der Waals surface area contributed by atoms with Gasteiger partial charge in [-0.2, -0.15) is 5.10 Å². The molecule has 1 saturated heterocycles. The van der Waals surface area contributed by atoms with E-state index in [1.807, 2.05) is 30.3 Å². The van der Waals surface area contributed by atoms with Gasteiger partial charge in [-0.3, -0.25) is 9.69 Å². The van der Waals surface area contributed by atoms with Crippen LogP contribution in [0, 0.1) is 13.8 Å². The van der Waals surface area contributed by atoms with Crippen molar-refractivity contribution in [3.05, 3.63) is 94.3 Å². The average molecular weight is 425 g/mol. The van der Waals surface area contributed by atoms with E-state index in [4.69, 9.17) is 5.10 Å². The smallest absolute Gasteiger partial charge is 0.275 e. The molecule has 5 rings (SSSR count). The highest BCUT2D eigenvalue weighted by Gasteiger charge is 2.20. The highest BCUT2D eigenvalue weighted by Crippen LogP contribution is 2.28. The Labute approximate surface area is 188 Å². The maximum absolute atomic E-state index is 13.3. The number of nitrogens with zero attached hydrogens (tertiary/aromatic N) is 4. The second-order valence-electron chi connectivity index (χ2n) is 8.60. The van der Waals surface area contributed by atoms with Gasteiger partial charge in [0.1, 0.15) is 0 Å². The van der Waals surface area contributed by atoms with E-state index >= 15 is 0 Å². The van der Waals surface area contributed by atoms with Crippen LogP contribution in [-0.4, -0.2) is 40.9 Å². The molecule has 1 fully saturated rings. The summed E-state index contributed by atoms with van der Waals surface area (Å²) in [5, 5.41) is 6.53. The fraction of sp³-hybridized carbons (Fsp3) is 0.259. The molecule has 3 aromatic carbocycles. The number of rotatable bonds is 4. The summed E-state index contributed by atoms with van der Waals surface area (Å²) in [4.78, 5) is 18.0. The lowest BCUT2D eigenvalue weighted by Crippen LogP contribution is -2.48. The molecule has 4 aromatic rings. The van der Waals surface area contributed by atoms with Crippen LogP contribution in [0.3, 0.4) is 0 Å². The Morgan fingerprint density at radius 1 is 0.812 bits per heavy atom. The summed E-state index contributed by atoms with van der Waals surface area (Å²) in [6.45, 7) is 8.37. The lowest BCUT2D eigenvalue weighted by Gasteiger charge is -2.36. The topological polar surface area (TPSA) is 41.4 Å². The first kappa shape index (κ1) is 20.5. The van der Waals surface area contributed by atoms with Gasteiger partial charge in [-0.25, -0.2) is 4.68 Å². The molecule has 0 saturated carbocycles. The van der Waals surface area contributed by atoms with Crippen molar-refractivity contribution in [2.24, 2.45) is 0 Å². The maximum atomic E-state index is 13.3. The van der Waals surface area contributed by atoms with Crippen molar-refractivity contribution in [3.8, 4) is 11.3 Å². The summed E-state index contributed by atoms with van der Waals surface area (Å²) in [6.07, 6.45) is 0. The molecule has 162 valence electrons. The van der Waals surface area contributed by atoms with E-state index in [-0.39, 0.29) is 5.56 Å². The van der Waals surface area contributed by atoms with Gasteiger partial charge in [0, 0.05) is 42.8 Å².